The van der Waals surface area contributed by atoms with Crippen molar-refractivity contribution in [2.24, 2.45) is 0 Å². The normalized spacial score (nSPS) is 10.2. The van der Waals surface area contributed by atoms with Gasteiger partial charge in [0.05, 0.1) is 26.2 Å². The zero-order valence-corrected chi connectivity index (χ0v) is 14.4. The van der Waals surface area contributed by atoms with Gasteiger partial charge in [0.1, 0.15) is 0 Å². The van der Waals surface area contributed by atoms with Crippen LogP contribution in [0.15, 0.2) is 36.4 Å². The van der Waals surface area contributed by atoms with Gasteiger partial charge in [0.2, 0.25) is 0 Å². The van der Waals surface area contributed by atoms with E-state index >= 15 is 0 Å². The van der Waals surface area contributed by atoms with Crippen molar-refractivity contribution < 1.29 is 19.2 Å². The fourth-order valence-electron chi connectivity index (χ4n) is 1.94. The molecule has 1 amide bonds. The summed E-state index contributed by atoms with van der Waals surface area (Å²) in [5.74, 6) is -1.50. The lowest BCUT2D eigenvalue weighted by molar-refractivity contribution is -0.384. The second kappa shape index (κ2) is 7.96. The Morgan fingerprint density at radius 2 is 1.84 bits per heavy atom. The van der Waals surface area contributed by atoms with Gasteiger partial charge in [0, 0.05) is 12.1 Å². The SMILES string of the molecule is Cc1ccc([N+](=O)[O-])cc1NC(=O)COC(=O)c1c(Cl)cccc1Cl. The number of halogens is 2. The molecule has 0 unspecified atom stereocenters. The van der Waals surface area contributed by atoms with E-state index in [0.29, 0.717) is 5.56 Å². The Bertz CT molecular complexity index is 834. The smallest absolute Gasteiger partial charge is 0.341 e. The summed E-state index contributed by atoms with van der Waals surface area (Å²) < 4.78 is 4.89. The first-order chi connectivity index (χ1) is 11.8. The highest BCUT2D eigenvalue weighted by atomic mass is 35.5. The first-order valence-electron chi connectivity index (χ1n) is 6.95. The van der Waals surface area contributed by atoms with E-state index in [9.17, 15) is 19.7 Å². The van der Waals surface area contributed by atoms with Crippen molar-refractivity contribution in [1.82, 2.24) is 0 Å². The number of benzene rings is 2. The van der Waals surface area contributed by atoms with Crippen molar-refractivity contribution in [3.63, 3.8) is 0 Å². The Balaban J connectivity index is 2.03. The monoisotopic (exact) mass is 382 g/mol. The lowest BCUT2D eigenvalue weighted by Crippen LogP contribution is -2.21. The van der Waals surface area contributed by atoms with Gasteiger partial charge in [0.15, 0.2) is 6.61 Å². The number of rotatable bonds is 5. The molecule has 0 saturated carbocycles. The maximum Gasteiger partial charge on any atom is 0.341 e. The molecule has 2 rings (SSSR count). The number of nitro benzene ring substituents is 1. The van der Waals surface area contributed by atoms with Crippen LogP contribution in [0.5, 0.6) is 0 Å². The number of amides is 1. The summed E-state index contributed by atoms with van der Waals surface area (Å²) in [5, 5.41) is 13.4. The summed E-state index contributed by atoms with van der Waals surface area (Å²) in [4.78, 5) is 34.1. The molecule has 0 aliphatic heterocycles. The molecule has 0 fully saturated rings. The number of nitrogens with one attached hydrogen (secondary N) is 1. The van der Waals surface area contributed by atoms with Crippen LogP contribution >= 0.6 is 23.2 Å². The summed E-state index contributed by atoms with van der Waals surface area (Å²) in [6.45, 7) is 1.08. The molecule has 0 bridgehead atoms. The number of hydrogen-bond acceptors (Lipinski definition) is 5. The molecule has 0 saturated heterocycles. The molecule has 1 N–H and O–H groups in total. The highest BCUT2D eigenvalue weighted by Gasteiger charge is 2.18. The molecule has 2 aromatic carbocycles. The van der Waals surface area contributed by atoms with E-state index in [2.05, 4.69) is 5.32 Å². The Morgan fingerprint density at radius 3 is 2.44 bits per heavy atom. The van der Waals surface area contributed by atoms with Crippen LogP contribution in [-0.4, -0.2) is 23.4 Å². The molecule has 0 radical (unpaired) electrons. The minimum Gasteiger partial charge on any atom is -0.452 e. The van der Waals surface area contributed by atoms with Gasteiger partial charge in [-0.2, -0.15) is 0 Å². The molecule has 0 heterocycles. The summed E-state index contributed by atoms with van der Waals surface area (Å²) in [7, 11) is 0. The largest absolute Gasteiger partial charge is 0.452 e. The lowest BCUT2D eigenvalue weighted by atomic mass is 10.2. The number of anilines is 1. The second-order valence-corrected chi connectivity index (χ2v) is 5.79. The maximum absolute atomic E-state index is 12.0. The highest BCUT2D eigenvalue weighted by Crippen LogP contribution is 2.25. The van der Waals surface area contributed by atoms with Crippen LogP contribution < -0.4 is 5.32 Å². The maximum atomic E-state index is 12.0. The first kappa shape index (κ1) is 18.7. The van der Waals surface area contributed by atoms with Gasteiger partial charge in [-0.05, 0) is 24.6 Å². The van der Waals surface area contributed by atoms with E-state index in [1.54, 1.807) is 13.0 Å². The highest BCUT2D eigenvalue weighted by molar-refractivity contribution is 6.39. The van der Waals surface area contributed by atoms with Crippen LogP contribution in [0.2, 0.25) is 10.0 Å². The van der Waals surface area contributed by atoms with E-state index < -0.39 is 23.4 Å². The van der Waals surface area contributed by atoms with Gasteiger partial charge in [-0.3, -0.25) is 14.9 Å². The number of nitrogens with zero attached hydrogens (tertiary/aromatic N) is 1. The Hall–Kier alpha value is -2.64. The van der Waals surface area contributed by atoms with Crippen LogP contribution in [0, 0.1) is 17.0 Å². The van der Waals surface area contributed by atoms with Gasteiger partial charge in [-0.1, -0.05) is 35.3 Å². The van der Waals surface area contributed by atoms with E-state index in [4.69, 9.17) is 27.9 Å². The molecule has 2 aromatic rings. The van der Waals surface area contributed by atoms with Crippen LogP contribution in [0.25, 0.3) is 0 Å². The third-order valence-corrected chi connectivity index (χ3v) is 3.84. The zero-order chi connectivity index (χ0) is 18.6. The topological polar surface area (TPSA) is 98.5 Å². The molecule has 7 nitrogen and oxygen atoms in total. The molecule has 0 aliphatic rings. The number of esters is 1. The van der Waals surface area contributed by atoms with Gasteiger partial charge in [-0.25, -0.2) is 4.79 Å². The fourth-order valence-corrected chi connectivity index (χ4v) is 2.49. The van der Waals surface area contributed by atoms with E-state index in [1.807, 2.05) is 0 Å². The summed E-state index contributed by atoms with van der Waals surface area (Å²) in [5.41, 5.74) is 0.677. The zero-order valence-electron chi connectivity index (χ0n) is 12.9. The number of non-ortho nitro benzene ring substituents is 1. The third kappa shape index (κ3) is 4.68. The van der Waals surface area contributed by atoms with Crippen LogP contribution in [0.1, 0.15) is 15.9 Å². The van der Waals surface area contributed by atoms with Crippen molar-refractivity contribution in [2.45, 2.75) is 6.92 Å². The van der Waals surface area contributed by atoms with Gasteiger partial charge in [0.25, 0.3) is 11.6 Å². The standard InChI is InChI=1S/C16H12Cl2N2O5/c1-9-5-6-10(20(23)24)7-13(9)19-14(21)8-25-16(22)15-11(17)3-2-4-12(15)18/h2-7H,8H2,1H3,(H,19,21). The van der Waals surface area contributed by atoms with Crippen molar-refractivity contribution in [3.8, 4) is 0 Å². The predicted molar refractivity (Wildman–Crippen MR) is 93.2 cm³/mol. The van der Waals surface area contributed by atoms with Crippen LogP contribution in [-0.2, 0) is 9.53 Å². The lowest BCUT2D eigenvalue weighted by Gasteiger charge is -2.10. The number of carbonyl (C=O) groups is 2. The van der Waals surface area contributed by atoms with Gasteiger partial charge < -0.3 is 10.1 Å². The number of hydrogen-bond donors (Lipinski definition) is 1. The quantitative estimate of drug-likeness (QED) is 0.478. The number of carbonyl (C=O) groups excluding carboxylic acids is 2. The minimum atomic E-state index is -0.846. The summed E-state index contributed by atoms with van der Waals surface area (Å²) in [6.07, 6.45) is 0. The van der Waals surface area contributed by atoms with Crippen molar-refractivity contribution >= 4 is 46.5 Å². The van der Waals surface area contributed by atoms with E-state index in [1.165, 1.54) is 30.3 Å². The second-order valence-electron chi connectivity index (χ2n) is 4.98. The Labute approximate surface area is 152 Å². The number of ether oxygens (including phenoxy) is 1. The van der Waals surface area contributed by atoms with Crippen molar-refractivity contribution in [3.05, 3.63) is 67.7 Å². The van der Waals surface area contributed by atoms with Gasteiger partial charge in [-0.15, -0.1) is 0 Å². The van der Waals surface area contributed by atoms with Crippen molar-refractivity contribution in [1.29, 1.82) is 0 Å². The average molecular weight is 383 g/mol. The molecule has 0 atom stereocenters. The molecule has 130 valence electrons. The molecule has 0 spiro atoms. The molecule has 25 heavy (non-hydrogen) atoms. The predicted octanol–water partition coefficient (Wildman–Crippen LogP) is 4.01. The molecular weight excluding hydrogens is 371 g/mol. The van der Waals surface area contributed by atoms with Gasteiger partial charge >= 0.3 is 5.97 Å². The number of nitro groups is 1. The molecule has 0 aliphatic carbocycles. The molecular formula is C16H12Cl2N2O5. The van der Waals surface area contributed by atoms with E-state index in [-0.39, 0.29) is 27.0 Å². The minimum absolute atomic E-state index is 0.0369. The summed E-state index contributed by atoms with van der Waals surface area (Å²) in [6, 6.07) is 8.56. The summed E-state index contributed by atoms with van der Waals surface area (Å²) >= 11 is 11.8. The number of aryl methyl sites for hydroxylation is 1. The first-order valence-corrected chi connectivity index (χ1v) is 7.71. The average Bonchev–Trinajstić information content (AvgIpc) is 2.54. The van der Waals surface area contributed by atoms with Crippen LogP contribution in [0.4, 0.5) is 11.4 Å². The van der Waals surface area contributed by atoms with E-state index in [0.717, 1.165) is 0 Å². The van der Waals surface area contributed by atoms with Crippen LogP contribution in [0.3, 0.4) is 0 Å². The Kier molecular flexibility index (Phi) is 5.95. The third-order valence-electron chi connectivity index (χ3n) is 3.21. The molecule has 9 heteroatoms. The van der Waals surface area contributed by atoms with Crippen molar-refractivity contribution in [2.75, 3.05) is 11.9 Å². The fraction of sp³-hybridized carbons (Fsp3) is 0.125. The Morgan fingerprint density at radius 1 is 1.20 bits per heavy atom. The molecule has 0 aromatic heterocycles.